The summed E-state index contributed by atoms with van der Waals surface area (Å²) in [6.07, 6.45) is 2.96. The summed E-state index contributed by atoms with van der Waals surface area (Å²) in [5.74, 6) is -1.12. The van der Waals surface area contributed by atoms with E-state index >= 15 is 0 Å². The van der Waals surface area contributed by atoms with Crippen LogP contribution >= 0.6 is 0 Å². The van der Waals surface area contributed by atoms with Gasteiger partial charge in [-0.25, -0.2) is 4.98 Å². The largest absolute Gasteiger partial charge is 0.480 e. The van der Waals surface area contributed by atoms with Crippen molar-refractivity contribution in [3.8, 4) is 0 Å². The number of aliphatic carboxylic acids is 1. The third kappa shape index (κ3) is 6.58. The van der Waals surface area contributed by atoms with Crippen molar-refractivity contribution in [1.29, 1.82) is 0 Å². The molecule has 0 saturated carbocycles. The van der Waals surface area contributed by atoms with Gasteiger partial charge in [-0.1, -0.05) is 0 Å². The molecule has 0 saturated heterocycles. The molecule has 6 N–H and O–H groups in total. The van der Waals surface area contributed by atoms with Crippen LogP contribution in [-0.2, 0) is 4.79 Å². The van der Waals surface area contributed by atoms with Crippen molar-refractivity contribution >= 4 is 5.97 Å². The zero-order chi connectivity index (χ0) is 13.1. The smallest absolute Gasteiger partial charge is 0.317 e. The molecular formula is C8H16N4O5. The number of carboxylic acid groups (broad SMARTS) is 1. The van der Waals surface area contributed by atoms with Crippen LogP contribution in [0.5, 0.6) is 0 Å². The number of H-pyrrole nitrogens is 1. The molecule has 0 atom stereocenters. The number of rotatable bonds is 6. The maximum atomic E-state index is 10.1. The van der Waals surface area contributed by atoms with Crippen LogP contribution in [0.15, 0.2) is 12.7 Å². The molecule has 0 amide bonds. The van der Waals surface area contributed by atoms with Crippen LogP contribution < -0.4 is 5.32 Å². The fraction of sp³-hybridized carbons (Fsp3) is 0.625. The lowest BCUT2D eigenvalue weighted by molar-refractivity contribution is -0.136. The van der Waals surface area contributed by atoms with Crippen molar-refractivity contribution in [3.63, 3.8) is 0 Å². The van der Waals surface area contributed by atoms with Crippen molar-refractivity contribution in [3.05, 3.63) is 12.7 Å². The molecule has 1 aromatic heterocycles. The van der Waals surface area contributed by atoms with E-state index in [-0.39, 0.29) is 0 Å². The summed E-state index contributed by atoms with van der Waals surface area (Å²) < 4.78 is 0. The van der Waals surface area contributed by atoms with Gasteiger partial charge in [0.1, 0.15) is 12.7 Å². The summed E-state index contributed by atoms with van der Waals surface area (Å²) >= 11 is 0. The molecule has 0 fully saturated rings. The molecule has 0 aliphatic heterocycles. The summed E-state index contributed by atoms with van der Waals surface area (Å²) in [5.41, 5.74) is -1.31. The second-order valence-corrected chi connectivity index (χ2v) is 3.15. The summed E-state index contributed by atoms with van der Waals surface area (Å²) in [5, 5.41) is 42.7. The topological polar surface area (TPSA) is 152 Å². The number of nitrogens with zero attached hydrogens (tertiary/aromatic N) is 2. The van der Waals surface area contributed by atoms with E-state index in [1.54, 1.807) is 0 Å². The van der Waals surface area contributed by atoms with Gasteiger partial charge in [0.25, 0.3) is 0 Å². The number of hydrogen-bond donors (Lipinski definition) is 6. The van der Waals surface area contributed by atoms with Crippen LogP contribution in [-0.4, -0.2) is 73.5 Å². The molecule has 0 aromatic carbocycles. The van der Waals surface area contributed by atoms with E-state index in [9.17, 15) is 4.79 Å². The molecule has 17 heavy (non-hydrogen) atoms. The first-order chi connectivity index (χ1) is 8.10. The zero-order valence-electron chi connectivity index (χ0n) is 9.07. The maximum absolute atomic E-state index is 10.1. The highest BCUT2D eigenvalue weighted by molar-refractivity contribution is 5.69. The van der Waals surface area contributed by atoms with Crippen LogP contribution in [0.1, 0.15) is 0 Å². The molecule has 1 rings (SSSR count). The third-order valence-corrected chi connectivity index (χ3v) is 1.85. The van der Waals surface area contributed by atoms with Crippen molar-refractivity contribution in [2.75, 3.05) is 26.4 Å². The maximum Gasteiger partial charge on any atom is 0.317 e. The molecule has 1 heterocycles. The summed E-state index contributed by atoms with van der Waals surface area (Å²) in [7, 11) is 0. The van der Waals surface area contributed by atoms with Crippen molar-refractivity contribution in [2.45, 2.75) is 5.54 Å². The van der Waals surface area contributed by atoms with Crippen molar-refractivity contribution in [2.24, 2.45) is 0 Å². The fourth-order valence-electron chi connectivity index (χ4n) is 0.747. The first kappa shape index (κ1) is 15.4. The third-order valence-electron chi connectivity index (χ3n) is 1.85. The molecule has 9 heteroatoms. The minimum Gasteiger partial charge on any atom is -0.480 e. The van der Waals surface area contributed by atoms with E-state index in [0.717, 1.165) is 0 Å². The molecule has 0 spiro atoms. The fourth-order valence-corrected chi connectivity index (χ4v) is 0.747. The normalized spacial score (nSPS) is 10.5. The van der Waals surface area contributed by atoms with E-state index in [4.69, 9.17) is 20.4 Å². The Morgan fingerprint density at radius 3 is 2.12 bits per heavy atom. The van der Waals surface area contributed by atoms with Crippen molar-refractivity contribution in [1.82, 2.24) is 20.5 Å². The lowest BCUT2D eigenvalue weighted by Gasteiger charge is -2.27. The van der Waals surface area contributed by atoms with Gasteiger partial charge < -0.3 is 20.4 Å². The molecule has 0 radical (unpaired) electrons. The minimum atomic E-state index is -1.31. The number of carboxylic acids is 1. The SMILES string of the molecule is O=C(O)CNC(CO)(CO)CO.c1nc[nH]n1. The first-order valence-electron chi connectivity index (χ1n) is 4.68. The molecule has 0 unspecified atom stereocenters. The Balaban J connectivity index is 0.000000419. The summed E-state index contributed by atoms with van der Waals surface area (Å²) in [4.78, 5) is 13.6. The van der Waals surface area contributed by atoms with E-state index in [1.165, 1.54) is 12.7 Å². The molecule has 1 aromatic rings. The van der Waals surface area contributed by atoms with Crippen LogP contribution in [0.2, 0.25) is 0 Å². The van der Waals surface area contributed by atoms with Gasteiger partial charge in [0.15, 0.2) is 0 Å². The molecule has 98 valence electrons. The Kier molecular flexibility index (Phi) is 7.80. The second-order valence-electron chi connectivity index (χ2n) is 3.15. The summed E-state index contributed by atoms with van der Waals surface area (Å²) in [6.45, 7) is -1.98. The molecule has 9 nitrogen and oxygen atoms in total. The van der Waals surface area contributed by atoms with Gasteiger partial charge in [0.05, 0.1) is 31.9 Å². The lowest BCUT2D eigenvalue weighted by Crippen LogP contribution is -2.56. The second kappa shape index (κ2) is 8.58. The zero-order valence-corrected chi connectivity index (χ0v) is 9.07. The number of aliphatic hydroxyl groups is 3. The Morgan fingerprint density at radius 1 is 1.29 bits per heavy atom. The lowest BCUT2D eigenvalue weighted by atomic mass is 10.0. The molecule has 0 aliphatic carbocycles. The highest BCUT2D eigenvalue weighted by Gasteiger charge is 2.27. The van der Waals surface area contributed by atoms with Gasteiger partial charge in [-0.15, -0.1) is 0 Å². The average molecular weight is 248 g/mol. The highest BCUT2D eigenvalue weighted by atomic mass is 16.4. The monoisotopic (exact) mass is 248 g/mol. The van der Waals surface area contributed by atoms with Crippen LogP contribution in [0.3, 0.4) is 0 Å². The number of aliphatic hydroxyl groups excluding tert-OH is 3. The van der Waals surface area contributed by atoms with Gasteiger partial charge in [0, 0.05) is 0 Å². The number of aromatic amines is 1. The quantitative estimate of drug-likeness (QED) is 0.315. The summed E-state index contributed by atoms with van der Waals surface area (Å²) in [6, 6.07) is 0. The molecule has 0 aliphatic rings. The number of nitrogens with one attached hydrogen (secondary N) is 2. The van der Waals surface area contributed by atoms with E-state index < -0.39 is 37.9 Å². The van der Waals surface area contributed by atoms with E-state index in [1.807, 2.05) is 0 Å². The predicted molar refractivity (Wildman–Crippen MR) is 56.0 cm³/mol. The average Bonchev–Trinajstić information content (AvgIpc) is 2.90. The van der Waals surface area contributed by atoms with Crippen LogP contribution in [0.4, 0.5) is 0 Å². The van der Waals surface area contributed by atoms with Gasteiger partial charge in [-0.2, -0.15) is 5.10 Å². The Labute approximate surface area is 97.1 Å². The van der Waals surface area contributed by atoms with Crippen molar-refractivity contribution < 1.29 is 25.2 Å². The predicted octanol–water partition coefficient (Wildman–Crippen LogP) is -2.82. The van der Waals surface area contributed by atoms with Gasteiger partial charge in [-0.05, 0) is 0 Å². The van der Waals surface area contributed by atoms with Gasteiger partial charge in [-0.3, -0.25) is 15.2 Å². The Bertz CT molecular complexity index is 263. The molecule has 0 bridgehead atoms. The number of carbonyl (C=O) groups is 1. The van der Waals surface area contributed by atoms with Crippen LogP contribution in [0.25, 0.3) is 0 Å². The van der Waals surface area contributed by atoms with Gasteiger partial charge in [0.2, 0.25) is 0 Å². The minimum absolute atomic E-state index is 0.415. The van der Waals surface area contributed by atoms with E-state index in [2.05, 4.69) is 20.5 Å². The van der Waals surface area contributed by atoms with E-state index in [0.29, 0.717) is 0 Å². The Morgan fingerprint density at radius 2 is 1.88 bits per heavy atom. The number of aromatic nitrogens is 3. The molecular weight excluding hydrogens is 232 g/mol. The number of hydrogen-bond acceptors (Lipinski definition) is 7. The van der Waals surface area contributed by atoms with Crippen LogP contribution in [0, 0.1) is 0 Å². The first-order valence-corrected chi connectivity index (χ1v) is 4.68. The highest BCUT2D eigenvalue weighted by Crippen LogP contribution is 2.00. The van der Waals surface area contributed by atoms with Gasteiger partial charge >= 0.3 is 5.97 Å². The standard InChI is InChI=1S/C6H13NO5.C2H3N3/c8-2-6(3-9,4-10)7-1-5(11)12;1-3-2-5-4-1/h7-10H,1-4H2,(H,11,12);1-2H,(H,3,4,5). The Hall–Kier alpha value is -1.55.